The lowest BCUT2D eigenvalue weighted by Gasteiger charge is -2.32. The van der Waals surface area contributed by atoms with Gasteiger partial charge in [0.05, 0.1) is 11.2 Å². The van der Waals surface area contributed by atoms with E-state index in [1.165, 1.54) is 120 Å². The number of fused-ring (bicyclic) bond motifs is 7. The molecule has 67 heavy (non-hydrogen) atoms. The minimum absolute atomic E-state index is 0.0646. The Morgan fingerprint density at radius 1 is 0.343 bits per heavy atom. The first-order valence-electron chi connectivity index (χ1n) is 24.7. The van der Waals surface area contributed by atoms with E-state index in [1.807, 2.05) is 0 Å². The van der Waals surface area contributed by atoms with Crippen LogP contribution in [-0.4, -0.2) is 18.3 Å². The first kappa shape index (κ1) is 44.1. The van der Waals surface area contributed by atoms with E-state index in [4.69, 9.17) is 9.31 Å². The highest BCUT2D eigenvalue weighted by Crippen LogP contribution is 2.54. The molecule has 0 amide bonds. The van der Waals surface area contributed by atoms with Gasteiger partial charge >= 0.3 is 7.12 Å². The van der Waals surface area contributed by atoms with Gasteiger partial charge in [-0.15, -0.1) is 0 Å². The van der Waals surface area contributed by atoms with Crippen LogP contribution in [0.4, 0.5) is 0 Å². The number of benzene rings is 8. The van der Waals surface area contributed by atoms with Crippen molar-refractivity contribution in [3.8, 4) is 22.3 Å². The van der Waals surface area contributed by atoms with Crippen molar-refractivity contribution in [2.45, 2.75) is 144 Å². The van der Waals surface area contributed by atoms with Crippen molar-refractivity contribution in [3.63, 3.8) is 0 Å². The fourth-order valence-corrected chi connectivity index (χ4v) is 11.2. The fraction of sp³-hybridized carbons (Fsp3) is 0.344. The zero-order chi connectivity index (χ0) is 47.7. The highest BCUT2D eigenvalue weighted by molar-refractivity contribution is 6.66. The van der Waals surface area contributed by atoms with Crippen molar-refractivity contribution >= 4 is 88.0 Å². The molecule has 1 heterocycles. The summed E-state index contributed by atoms with van der Waals surface area (Å²) in [6.07, 6.45) is 0. The third-order valence-electron chi connectivity index (χ3n) is 16.0. The molecule has 0 N–H and O–H groups in total. The van der Waals surface area contributed by atoms with Gasteiger partial charge in [-0.2, -0.15) is 0 Å². The van der Waals surface area contributed by atoms with E-state index in [-0.39, 0.29) is 21.7 Å². The van der Waals surface area contributed by atoms with Gasteiger partial charge in [0.15, 0.2) is 0 Å². The molecule has 0 bridgehead atoms. The lowest BCUT2D eigenvalue weighted by atomic mass is 9.75. The Hall–Kier alpha value is -5.48. The van der Waals surface area contributed by atoms with Crippen LogP contribution >= 0.6 is 0 Å². The van der Waals surface area contributed by atoms with Crippen LogP contribution in [-0.2, 0) is 31.0 Å². The molecule has 0 atom stereocenters. The van der Waals surface area contributed by atoms with Crippen LogP contribution < -0.4 is 5.46 Å². The van der Waals surface area contributed by atoms with Crippen LogP contribution in [0.25, 0.3) is 97.7 Å². The lowest BCUT2D eigenvalue weighted by molar-refractivity contribution is 0.00578. The van der Waals surface area contributed by atoms with Crippen LogP contribution in [0.15, 0.2) is 115 Å². The average Bonchev–Trinajstić information content (AvgIpc) is 3.82. The van der Waals surface area contributed by atoms with E-state index >= 15 is 0 Å². The van der Waals surface area contributed by atoms with E-state index in [9.17, 15) is 0 Å². The van der Waals surface area contributed by atoms with Gasteiger partial charge in [0.1, 0.15) is 0 Å². The molecule has 2 nitrogen and oxygen atoms in total. The van der Waals surface area contributed by atoms with E-state index < -0.39 is 18.3 Å². The van der Waals surface area contributed by atoms with Crippen LogP contribution in [0.3, 0.4) is 0 Å². The first-order chi connectivity index (χ1) is 31.2. The van der Waals surface area contributed by atoms with Gasteiger partial charge in [-0.25, -0.2) is 0 Å². The molecule has 1 aliphatic rings. The van der Waals surface area contributed by atoms with Crippen LogP contribution in [0.2, 0.25) is 0 Å². The van der Waals surface area contributed by atoms with Crippen molar-refractivity contribution in [2.24, 2.45) is 0 Å². The summed E-state index contributed by atoms with van der Waals surface area (Å²) in [6, 6.07) is 45.5. The molecule has 0 unspecified atom stereocenters. The summed E-state index contributed by atoms with van der Waals surface area (Å²) in [5, 5.41) is 18.1. The van der Waals surface area contributed by atoms with Gasteiger partial charge in [0.2, 0.25) is 0 Å². The maximum atomic E-state index is 6.84. The van der Waals surface area contributed by atoms with Crippen molar-refractivity contribution in [3.05, 3.63) is 138 Å². The average molecular weight is 879 g/mol. The highest BCUT2D eigenvalue weighted by Gasteiger charge is 2.52. The Morgan fingerprint density at radius 3 is 1.13 bits per heavy atom. The van der Waals surface area contributed by atoms with Gasteiger partial charge < -0.3 is 9.31 Å². The van der Waals surface area contributed by atoms with Crippen molar-refractivity contribution in [1.29, 1.82) is 0 Å². The fourth-order valence-electron chi connectivity index (χ4n) is 11.2. The smallest absolute Gasteiger partial charge is 0.399 e. The minimum Gasteiger partial charge on any atom is -0.399 e. The van der Waals surface area contributed by atoms with E-state index in [1.54, 1.807) is 0 Å². The predicted octanol–water partition coefficient (Wildman–Crippen LogP) is 17.5. The van der Waals surface area contributed by atoms with Crippen LogP contribution in [0.1, 0.15) is 133 Å². The Balaban J connectivity index is 1.42. The Kier molecular flexibility index (Phi) is 9.24. The van der Waals surface area contributed by atoms with Crippen molar-refractivity contribution in [1.82, 2.24) is 0 Å². The number of rotatable bonds is 3. The molecule has 3 heteroatoms. The Morgan fingerprint density at radius 2 is 0.716 bits per heavy atom. The largest absolute Gasteiger partial charge is 0.495 e. The third-order valence-corrected chi connectivity index (χ3v) is 16.0. The maximum absolute atomic E-state index is 6.84. The zero-order valence-electron chi connectivity index (χ0n) is 42.9. The summed E-state index contributed by atoms with van der Waals surface area (Å²) >= 11 is 0. The Bertz CT molecular complexity index is 3400. The normalized spacial score (nSPS) is 16.1. The summed E-state index contributed by atoms with van der Waals surface area (Å²) in [5.74, 6) is 0. The highest BCUT2D eigenvalue weighted by atomic mass is 16.7. The summed E-state index contributed by atoms with van der Waals surface area (Å²) in [5.41, 5.74) is 10.5. The molecule has 0 spiro atoms. The quantitative estimate of drug-likeness (QED) is 0.165. The van der Waals surface area contributed by atoms with Crippen molar-refractivity contribution < 1.29 is 9.31 Å². The Labute approximate surface area is 398 Å². The minimum atomic E-state index is -0.489. The molecule has 1 aliphatic heterocycles. The lowest BCUT2D eigenvalue weighted by Crippen LogP contribution is -2.41. The standard InChI is InChI=1S/C64H67BO2/c1-59(2,3)39-28-37(29-40(32-39)60(4,5)6)54-50-34-48-43-22-17-20-36-21-18-23-44(53(36)43)49(48)35-51(50)55(38-30-41(61(7,8)9)33-42(31-38)62(10,11)12)58-47-26-27-52(65-66-63(13,14)64(15,16)67-65)45-24-19-25-46(56(45)47)57(54)58/h17-35H,1-16H3. The second-order valence-electron chi connectivity index (χ2n) is 25.3. The van der Waals surface area contributed by atoms with Crippen LogP contribution in [0, 0.1) is 0 Å². The van der Waals surface area contributed by atoms with Gasteiger partial charge in [-0.1, -0.05) is 186 Å². The summed E-state index contributed by atoms with van der Waals surface area (Å²) in [6.45, 7) is 36.9. The number of hydrogen-bond donors (Lipinski definition) is 0. The molecule has 10 aromatic rings. The molecule has 0 saturated carbocycles. The van der Waals surface area contributed by atoms with E-state index in [2.05, 4.69) is 226 Å². The maximum Gasteiger partial charge on any atom is 0.495 e. The second kappa shape index (κ2) is 14.1. The summed E-state index contributed by atoms with van der Waals surface area (Å²) in [4.78, 5) is 0. The molecule has 0 aromatic heterocycles. The van der Waals surface area contributed by atoms with Gasteiger partial charge in [-0.3, -0.25) is 0 Å². The number of hydrogen-bond acceptors (Lipinski definition) is 2. The summed E-state index contributed by atoms with van der Waals surface area (Å²) in [7, 11) is -0.489. The zero-order valence-corrected chi connectivity index (χ0v) is 42.9. The van der Waals surface area contributed by atoms with E-state index in [0.717, 1.165) is 5.46 Å². The van der Waals surface area contributed by atoms with Gasteiger partial charge in [0, 0.05) is 0 Å². The summed E-state index contributed by atoms with van der Waals surface area (Å²) < 4.78 is 13.7. The molecular formula is C64H67BO2. The molecular weight excluding hydrogens is 812 g/mol. The first-order valence-corrected chi connectivity index (χ1v) is 24.7. The molecule has 0 aliphatic carbocycles. The van der Waals surface area contributed by atoms with E-state index in [0.29, 0.717) is 0 Å². The van der Waals surface area contributed by atoms with Gasteiger partial charge in [0.25, 0.3) is 0 Å². The molecule has 10 aromatic carbocycles. The van der Waals surface area contributed by atoms with Crippen LogP contribution in [0.5, 0.6) is 0 Å². The molecule has 338 valence electrons. The third kappa shape index (κ3) is 6.65. The SMILES string of the molecule is CC(C)(C)c1cc(-c2c3cc4c(cc3c(-c3cc(C(C)(C)C)cc(C(C)(C)C)c3)c3c5ccc(B6OC(C)(C)C(C)(C)O6)c6cccc(c23)c65)c2cccc3cccc4c32)cc(C(C)(C)C)c1. The predicted molar refractivity (Wildman–Crippen MR) is 293 cm³/mol. The topological polar surface area (TPSA) is 18.5 Å². The molecule has 1 fully saturated rings. The van der Waals surface area contributed by atoms with Crippen molar-refractivity contribution in [2.75, 3.05) is 0 Å². The monoisotopic (exact) mass is 879 g/mol. The molecule has 1 saturated heterocycles. The molecule has 0 radical (unpaired) electrons. The molecule has 11 rings (SSSR count). The second-order valence-corrected chi connectivity index (χ2v) is 25.3. The van der Waals surface area contributed by atoms with Gasteiger partial charge in [-0.05, 0) is 187 Å².